The molecule has 4 heterocycles. The second kappa shape index (κ2) is 6.97. The number of amides is 2. The largest absolute Gasteiger partial charge is 0.456 e. The first-order valence-electron chi connectivity index (χ1n) is 10.4. The van der Waals surface area contributed by atoms with E-state index in [9.17, 15) is 9.59 Å². The van der Waals surface area contributed by atoms with E-state index in [0.29, 0.717) is 30.8 Å². The summed E-state index contributed by atoms with van der Waals surface area (Å²) in [5, 5.41) is 3.34. The molecule has 1 unspecified atom stereocenters. The molecular weight excluding hydrogens is 342 g/mol. The summed E-state index contributed by atoms with van der Waals surface area (Å²) in [6.45, 7) is 9.57. The summed E-state index contributed by atoms with van der Waals surface area (Å²) >= 11 is 0. The zero-order chi connectivity index (χ0) is 19.2. The third-order valence-electron chi connectivity index (χ3n) is 6.99. The molecule has 1 spiro atoms. The molecule has 3 fully saturated rings. The zero-order valence-electron chi connectivity index (χ0n) is 16.7. The lowest BCUT2D eigenvalue weighted by atomic mass is 9.75. The maximum absolute atomic E-state index is 12.7. The first-order valence-corrected chi connectivity index (χ1v) is 10.4. The minimum Gasteiger partial charge on any atom is -0.456 e. The average Bonchev–Trinajstić information content (AvgIpc) is 3.33. The summed E-state index contributed by atoms with van der Waals surface area (Å²) in [7, 11) is 0. The number of piperidine rings is 1. The van der Waals surface area contributed by atoms with Crippen molar-refractivity contribution in [2.75, 3.05) is 26.2 Å². The van der Waals surface area contributed by atoms with Crippen LogP contribution in [0.1, 0.15) is 55.8 Å². The Balaban J connectivity index is 1.43. The van der Waals surface area contributed by atoms with E-state index >= 15 is 0 Å². The summed E-state index contributed by atoms with van der Waals surface area (Å²) in [6.07, 6.45) is 4.02. The van der Waals surface area contributed by atoms with Gasteiger partial charge in [-0.15, -0.1) is 0 Å². The van der Waals surface area contributed by atoms with Gasteiger partial charge in [-0.25, -0.2) is 0 Å². The smallest absolute Gasteiger partial charge is 0.289 e. The highest BCUT2D eigenvalue weighted by atomic mass is 16.3. The van der Waals surface area contributed by atoms with E-state index in [1.54, 1.807) is 6.07 Å². The van der Waals surface area contributed by atoms with Crippen LogP contribution in [0.5, 0.6) is 0 Å². The molecule has 0 bridgehead atoms. The molecule has 1 aromatic rings. The van der Waals surface area contributed by atoms with Gasteiger partial charge in [0.15, 0.2) is 5.76 Å². The summed E-state index contributed by atoms with van der Waals surface area (Å²) in [4.78, 5) is 29.7. The minimum atomic E-state index is -0.141. The summed E-state index contributed by atoms with van der Waals surface area (Å²) in [5.41, 5.74) is -0.141. The number of carbonyl (C=O) groups excluding carboxylic acids is 2. The number of nitrogens with one attached hydrogen (secondary N) is 1. The average molecular weight is 373 g/mol. The fourth-order valence-corrected chi connectivity index (χ4v) is 5.36. The van der Waals surface area contributed by atoms with Gasteiger partial charge in [0.2, 0.25) is 5.91 Å². The zero-order valence-corrected chi connectivity index (χ0v) is 16.7. The Kier molecular flexibility index (Phi) is 4.78. The summed E-state index contributed by atoms with van der Waals surface area (Å²) in [5.74, 6) is 1.82. The van der Waals surface area contributed by atoms with Crippen LogP contribution in [0.15, 0.2) is 16.5 Å². The highest BCUT2D eigenvalue weighted by Crippen LogP contribution is 2.44. The Morgan fingerprint density at radius 1 is 1.33 bits per heavy atom. The van der Waals surface area contributed by atoms with E-state index in [-0.39, 0.29) is 23.3 Å². The number of hydrogen-bond acceptors (Lipinski definition) is 4. The number of carbonyl (C=O) groups is 2. The van der Waals surface area contributed by atoms with Crippen molar-refractivity contribution in [3.8, 4) is 0 Å². The minimum absolute atomic E-state index is 0.0385. The second-order valence-corrected chi connectivity index (χ2v) is 8.65. The fourth-order valence-electron chi connectivity index (χ4n) is 5.36. The SMILES string of the molecule is CCCC(C)N1C[C@H]2C(=O)NC3(CCN(C(=O)c4ccc(C)o4)CC3)[C@H]2C1. The van der Waals surface area contributed by atoms with Crippen molar-refractivity contribution in [1.29, 1.82) is 0 Å². The number of likely N-dealkylation sites (tertiary alicyclic amines) is 2. The molecule has 0 saturated carbocycles. The van der Waals surface area contributed by atoms with Crippen molar-refractivity contribution in [3.05, 3.63) is 23.7 Å². The van der Waals surface area contributed by atoms with Crippen LogP contribution < -0.4 is 5.32 Å². The topological polar surface area (TPSA) is 65.8 Å². The van der Waals surface area contributed by atoms with E-state index in [4.69, 9.17) is 4.42 Å². The van der Waals surface area contributed by atoms with Gasteiger partial charge >= 0.3 is 0 Å². The molecule has 6 nitrogen and oxygen atoms in total. The van der Waals surface area contributed by atoms with Gasteiger partial charge in [0.1, 0.15) is 5.76 Å². The van der Waals surface area contributed by atoms with Gasteiger partial charge in [-0.05, 0) is 45.2 Å². The molecule has 27 heavy (non-hydrogen) atoms. The van der Waals surface area contributed by atoms with Crippen molar-refractivity contribution in [3.63, 3.8) is 0 Å². The standard InChI is InChI=1S/C21H31N3O3/c1-4-5-14(2)24-12-16-17(13-24)21(22-19(16)25)8-10-23(11-9-21)20(26)18-7-6-15(3)27-18/h6-7,14,16-17H,4-5,8-13H2,1-3H3,(H,22,25)/t14?,16-,17+/m1/s1. The van der Waals surface area contributed by atoms with Gasteiger partial charge in [-0.1, -0.05) is 13.3 Å². The Morgan fingerprint density at radius 3 is 2.70 bits per heavy atom. The van der Waals surface area contributed by atoms with Gasteiger partial charge < -0.3 is 14.6 Å². The summed E-state index contributed by atoms with van der Waals surface area (Å²) < 4.78 is 5.50. The van der Waals surface area contributed by atoms with E-state index in [1.165, 1.54) is 12.8 Å². The molecule has 3 aliphatic heterocycles. The van der Waals surface area contributed by atoms with Crippen molar-refractivity contribution in [2.24, 2.45) is 11.8 Å². The Morgan fingerprint density at radius 2 is 2.07 bits per heavy atom. The predicted molar refractivity (Wildman–Crippen MR) is 102 cm³/mol. The predicted octanol–water partition coefficient (Wildman–Crippen LogP) is 2.43. The monoisotopic (exact) mass is 373 g/mol. The van der Waals surface area contributed by atoms with E-state index in [1.807, 2.05) is 17.9 Å². The quantitative estimate of drug-likeness (QED) is 0.880. The highest BCUT2D eigenvalue weighted by Gasteiger charge is 2.57. The number of nitrogens with zero attached hydrogens (tertiary/aromatic N) is 2. The lowest BCUT2D eigenvalue weighted by Crippen LogP contribution is -2.56. The number of rotatable bonds is 4. The van der Waals surface area contributed by atoms with E-state index in [2.05, 4.69) is 24.1 Å². The van der Waals surface area contributed by atoms with Crippen LogP contribution in [-0.2, 0) is 4.79 Å². The molecule has 0 radical (unpaired) electrons. The van der Waals surface area contributed by atoms with E-state index < -0.39 is 0 Å². The number of hydrogen-bond donors (Lipinski definition) is 1. The molecule has 4 rings (SSSR count). The van der Waals surface area contributed by atoms with Crippen LogP contribution in [0.3, 0.4) is 0 Å². The highest BCUT2D eigenvalue weighted by molar-refractivity contribution is 5.91. The van der Waals surface area contributed by atoms with Gasteiger partial charge in [0, 0.05) is 43.7 Å². The lowest BCUT2D eigenvalue weighted by molar-refractivity contribution is -0.123. The maximum Gasteiger partial charge on any atom is 0.289 e. The Labute approximate surface area is 161 Å². The molecule has 3 aliphatic rings. The number of aryl methyl sites for hydroxylation is 1. The number of furan rings is 1. The van der Waals surface area contributed by atoms with Gasteiger partial charge in [0.25, 0.3) is 5.91 Å². The third kappa shape index (κ3) is 3.18. The Hall–Kier alpha value is -1.82. The van der Waals surface area contributed by atoms with Crippen LogP contribution in [0.25, 0.3) is 0 Å². The normalized spacial score (nSPS) is 28.4. The molecule has 6 heteroatoms. The summed E-state index contributed by atoms with van der Waals surface area (Å²) in [6, 6.07) is 4.11. The molecule has 0 aromatic carbocycles. The van der Waals surface area contributed by atoms with Crippen LogP contribution in [0.2, 0.25) is 0 Å². The molecule has 148 valence electrons. The second-order valence-electron chi connectivity index (χ2n) is 8.65. The first kappa shape index (κ1) is 18.5. The van der Waals surface area contributed by atoms with Crippen molar-refractivity contribution in [1.82, 2.24) is 15.1 Å². The molecule has 2 amide bonds. The molecule has 3 atom stereocenters. The Bertz CT molecular complexity index is 720. The molecule has 3 saturated heterocycles. The first-order chi connectivity index (χ1) is 12.9. The third-order valence-corrected chi connectivity index (χ3v) is 6.99. The van der Waals surface area contributed by atoms with Crippen LogP contribution in [0, 0.1) is 18.8 Å². The van der Waals surface area contributed by atoms with E-state index in [0.717, 1.165) is 31.7 Å². The van der Waals surface area contributed by atoms with Crippen molar-refractivity contribution >= 4 is 11.8 Å². The molecule has 1 N–H and O–H groups in total. The lowest BCUT2D eigenvalue weighted by Gasteiger charge is -2.42. The van der Waals surface area contributed by atoms with Gasteiger partial charge in [0.05, 0.1) is 5.92 Å². The fraction of sp³-hybridized carbons (Fsp3) is 0.714. The molecular formula is C21H31N3O3. The van der Waals surface area contributed by atoms with Crippen molar-refractivity contribution in [2.45, 2.75) is 58.0 Å². The van der Waals surface area contributed by atoms with Crippen LogP contribution in [0.4, 0.5) is 0 Å². The molecule has 1 aromatic heterocycles. The van der Waals surface area contributed by atoms with Crippen LogP contribution in [-0.4, -0.2) is 59.4 Å². The van der Waals surface area contributed by atoms with Gasteiger partial charge in [-0.3, -0.25) is 14.5 Å². The van der Waals surface area contributed by atoms with Gasteiger partial charge in [-0.2, -0.15) is 0 Å². The van der Waals surface area contributed by atoms with Crippen molar-refractivity contribution < 1.29 is 14.0 Å². The molecule has 0 aliphatic carbocycles. The maximum atomic E-state index is 12.7. The number of fused-ring (bicyclic) bond motifs is 2. The van der Waals surface area contributed by atoms with Crippen LogP contribution >= 0.6 is 0 Å².